The molecule has 1 aromatic heterocycles. The highest BCUT2D eigenvalue weighted by atomic mass is 32.1. The summed E-state index contributed by atoms with van der Waals surface area (Å²) in [6, 6.07) is 21.4. The van der Waals surface area contributed by atoms with Crippen molar-refractivity contribution in [3.8, 4) is 17.2 Å². The maximum atomic E-state index is 13.5. The van der Waals surface area contributed by atoms with Gasteiger partial charge in [0.15, 0.2) is 16.6 Å². The van der Waals surface area contributed by atoms with Gasteiger partial charge in [0.05, 0.1) is 24.3 Å². The minimum Gasteiger partial charge on any atom is -0.492 e. The highest BCUT2D eigenvalue weighted by Crippen LogP contribution is 2.36. The zero-order valence-corrected chi connectivity index (χ0v) is 18.4. The Labute approximate surface area is 190 Å². The lowest BCUT2D eigenvalue weighted by molar-refractivity contribution is -0.118. The number of hydrogen-bond donors (Lipinski definition) is 0. The number of benzene rings is 3. The fraction of sp³-hybridized carbons (Fsp3) is 0.200. The molecule has 0 bridgehead atoms. The molecule has 0 saturated carbocycles. The summed E-state index contributed by atoms with van der Waals surface area (Å²) in [6.45, 7) is 3.15. The number of nitrogens with zero attached hydrogens (tertiary/aromatic N) is 2. The molecule has 0 radical (unpaired) electrons. The molecule has 1 aliphatic heterocycles. The molecule has 0 unspecified atom stereocenters. The van der Waals surface area contributed by atoms with Gasteiger partial charge in [-0.3, -0.25) is 9.69 Å². The Morgan fingerprint density at radius 3 is 2.72 bits per heavy atom. The van der Waals surface area contributed by atoms with E-state index in [9.17, 15) is 4.79 Å². The lowest BCUT2D eigenvalue weighted by atomic mass is 10.1. The molecular weight excluding hydrogens is 424 g/mol. The second kappa shape index (κ2) is 8.88. The molecule has 0 saturated heterocycles. The molecule has 2 heterocycles. The third-order valence-electron chi connectivity index (χ3n) is 5.18. The van der Waals surface area contributed by atoms with E-state index in [0.717, 1.165) is 27.1 Å². The van der Waals surface area contributed by atoms with E-state index in [0.29, 0.717) is 29.8 Å². The van der Waals surface area contributed by atoms with Crippen molar-refractivity contribution < 1.29 is 19.0 Å². The Morgan fingerprint density at radius 2 is 1.88 bits per heavy atom. The molecule has 0 fully saturated rings. The van der Waals surface area contributed by atoms with Gasteiger partial charge in [0.1, 0.15) is 11.3 Å². The molecular formula is C25H22N2O4S. The van der Waals surface area contributed by atoms with Crippen LogP contribution in [0.25, 0.3) is 10.2 Å². The number of ether oxygens (including phenoxy) is 3. The molecule has 0 atom stereocenters. The quantitative estimate of drug-likeness (QED) is 0.391. The van der Waals surface area contributed by atoms with Gasteiger partial charge in [-0.05, 0) is 42.3 Å². The predicted octanol–water partition coefficient (Wildman–Crippen LogP) is 5.20. The Bertz CT molecular complexity index is 1260. The van der Waals surface area contributed by atoms with Gasteiger partial charge >= 0.3 is 0 Å². The molecule has 1 amide bonds. The molecule has 32 heavy (non-hydrogen) atoms. The van der Waals surface area contributed by atoms with Crippen LogP contribution in [-0.4, -0.2) is 24.3 Å². The van der Waals surface area contributed by atoms with Crippen LogP contribution >= 0.6 is 11.3 Å². The third kappa shape index (κ3) is 4.11. The van der Waals surface area contributed by atoms with Gasteiger partial charge in [-0.25, -0.2) is 4.98 Å². The molecule has 4 aromatic rings. The molecule has 6 nitrogen and oxygen atoms in total. The summed E-state index contributed by atoms with van der Waals surface area (Å²) in [5, 5.41) is 0.654. The number of hydrogen-bond acceptors (Lipinski definition) is 6. The highest BCUT2D eigenvalue weighted by molar-refractivity contribution is 7.22. The number of anilines is 1. The molecule has 1 aliphatic rings. The summed E-state index contributed by atoms with van der Waals surface area (Å²) in [5.74, 6) is 2.07. The SMILES string of the molecule is CCOc1cccc2sc(N(Cc3ccccc3)C(=O)Cc3ccc4c(c3)OCO4)nc12. The normalized spacial score (nSPS) is 12.2. The van der Waals surface area contributed by atoms with Crippen LogP contribution in [0.5, 0.6) is 17.2 Å². The predicted molar refractivity (Wildman–Crippen MR) is 125 cm³/mol. The van der Waals surface area contributed by atoms with Crippen LogP contribution in [0.2, 0.25) is 0 Å². The Balaban J connectivity index is 1.48. The van der Waals surface area contributed by atoms with Crippen molar-refractivity contribution in [1.29, 1.82) is 0 Å². The van der Waals surface area contributed by atoms with Crippen molar-refractivity contribution in [2.45, 2.75) is 19.9 Å². The summed E-state index contributed by atoms with van der Waals surface area (Å²) in [6.07, 6.45) is 0.234. The molecule has 162 valence electrons. The maximum absolute atomic E-state index is 13.5. The monoisotopic (exact) mass is 446 g/mol. The smallest absolute Gasteiger partial charge is 0.233 e. The number of para-hydroxylation sites is 1. The molecule has 5 rings (SSSR count). The lowest BCUT2D eigenvalue weighted by Gasteiger charge is -2.20. The minimum absolute atomic E-state index is 0.0373. The first-order valence-electron chi connectivity index (χ1n) is 10.5. The van der Waals surface area contributed by atoms with E-state index in [-0.39, 0.29) is 19.1 Å². The summed E-state index contributed by atoms with van der Waals surface area (Å²) >= 11 is 1.49. The number of rotatable bonds is 7. The van der Waals surface area contributed by atoms with Crippen LogP contribution < -0.4 is 19.1 Å². The average molecular weight is 447 g/mol. The number of fused-ring (bicyclic) bond motifs is 2. The van der Waals surface area contributed by atoms with E-state index in [4.69, 9.17) is 19.2 Å². The van der Waals surface area contributed by atoms with Crippen LogP contribution in [0, 0.1) is 0 Å². The minimum atomic E-state index is -0.0373. The first-order chi connectivity index (χ1) is 15.7. The van der Waals surface area contributed by atoms with Gasteiger partial charge in [0, 0.05) is 0 Å². The van der Waals surface area contributed by atoms with Gasteiger partial charge in [0.25, 0.3) is 0 Å². The van der Waals surface area contributed by atoms with Gasteiger partial charge in [0.2, 0.25) is 12.7 Å². The maximum Gasteiger partial charge on any atom is 0.233 e. The Morgan fingerprint density at radius 1 is 1.03 bits per heavy atom. The van der Waals surface area contributed by atoms with E-state index in [2.05, 4.69) is 0 Å². The van der Waals surface area contributed by atoms with Crippen LogP contribution in [0.4, 0.5) is 5.13 Å². The summed E-state index contributed by atoms with van der Waals surface area (Å²) in [5.41, 5.74) is 2.69. The van der Waals surface area contributed by atoms with Crippen molar-refractivity contribution in [3.05, 3.63) is 77.9 Å². The second-order valence-corrected chi connectivity index (χ2v) is 8.37. The third-order valence-corrected chi connectivity index (χ3v) is 6.22. The molecule has 7 heteroatoms. The largest absolute Gasteiger partial charge is 0.492 e. The average Bonchev–Trinajstić information content (AvgIpc) is 3.45. The lowest BCUT2D eigenvalue weighted by Crippen LogP contribution is -2.31. The first kappa shape index (κ1) is 20.3. The van der Waals surface area contributed by atoms with E-state index in [1.807, 2.05) is 73.7 Å². The van der Waals surface area contributed by atoms with Crippen LogP contribution in [0.1, 0.15) is 18.1 Å². The van der Waals surface area contributed by atoms with Crippen molar-refractivity contribution in [2.24, 2.45) is 0 Å². The Hall–Kier alpha value is -3.58. The number of amides is 1. The van der Waals surface area contributed by atoms with Gasteiger partial charge < -0.3 is 14.2 Å². The second-order valence-electron chi connectivity index (χ2n) is 7.36. The van der Waals surface area contributed by atoms with E-state index < -0.39 is 0 Å². The fourth-order valence-electron chi connectivity index (χ4n) is 3.65. The van der Waals surface area contributed by atoms with Crippen molar-refractivity contribution in [1.82, 2.24) is 4.98 Å². The molecule has 0 N–H and O–H groups in total. The zero-order valence-electron chi connectivity index (χ0n) is 17.6. The molecule has 3 aromatic carbocycles. The summed E-state index contributed by atoms with van der Waals surface area (Å²) in [4.78, 5) is 20.0. The van der Waals surface area contributed by atoms with E-state index in [1.165, 1.54) is 11.3 Å². The van der Waals surface area contributed by atoms with E-state index in [1.54, 1.807) is 4.90 Å². The summed E-state index contributed by atoms with van der Waals surface area (Å²) < 4.78 is 17.6. The van der Waals surface area contributed by atoms with Crippen molar-refractivity contribution in [2.75, 3.05) is 18.3 Å². The fourth-order valence-corrected chi connectivity index (χ4v) is 4.65. The standard InChI is InChI=1S/C25H22N2O4S/c1-2-29-20-9-6-10-22-24(20)26-25(32-22)27(15-17-7-4-3-5-8-17)23(28)14-18-11-12-19-21(13-18)31-16-30-19/h3-13H,2,14-16H2,1H3. The van der Waals surface area contributed by atoms with Gasteiger partial charge in [-0.2, -0.15) is 0 Å². The first-order valence-corrected chi connectivity index (χ1v) is 11.3. The highest BCUT2D eigenvalue weighted by Gasteiger charge is 2.23. The number of carbonyl (C=O) groups is 1. The molecule has 0 spiro atoms. The van der Waals surface area contributed by atoms with Gasteiger partial charge in [-0.15, -0.1) is 0 Å². The van der Waals surface area contributed by atoms with Gasteiger partial charge in [-0.1, -0.05) is 53.8 Å². The van der Waals surface area contributed by atoms with Crippen molar-refractivity contribution >= 4 is 32.6 Å². The summed E-state index contributed by atoms with van der Waals surface area (Å²) in [7, 11) is 0. The van der Waals surface area contributed by atoms with E-state index >= 15 is 0 Å². The number of aromatic nitrogens is 1. The van der Waals surface area contributed by atoms with Crippen molar-refractivity contribution in [3.63, 3.8) is 0 Å². The number of thiazole rings is 1. The van der Waals surface area contributed by atoms with Crippen LogP contribution in [0.3, 0.4) is 0 Å². The topological polar surface area (TPSA) is 60.9 Å². The van der Waals surface area contributed by atoms with Crippen LogP contribution in [0.15, 0.2) is 66.7 Å². The Kier molecular flexibility index (Phi) is 5.64. The zero-order chi connectivity index (χ0) is 21.9. The molecule has 0 aliphatic carbocycles. The van der Waals surface area contributed by atoms with Crippen LogP contribution in [-0.2, 0) is 17.8 Å². The number of carbonyl (C=O) groups excluding carboxylic acids is 1.